The van der Waals surface area contributed by atoms with Gasteiger partial charge >= 0.3 is 6.03 Å². The third-order valence-corrected chi connectivity index (χ3v) is 7.07. The Hall–Kier alpha value is -3.55. The van der Waals surface area contributed by atoms with Crippen molar-refractivity contribution in [3.8, 4) is 5.75 Å². The highest BCUT2D eigenvalue weighted by atomic mass is 16.5. The fourth-order valence-electron chi connectivity index (χ4n) is 5.20. The molecule has 2 atom stereocenters. The zero-order valence-corrected chi connectivity index (χ0v) is 19.9. The normalized spacial score (nSPS) is 22.1. The van der Waals surface area contributed by atoms with Crippen molar-refractivity contribution >= 4 is 29.2 Å². The monoisotopic (exact) mass is 476 g/mol. The maximum Gasteiger partial charge on any atom is 0.321 e. The standard InChI is InChI=1S/C27H32N4O4/c32-25(20-10-9-17-30(18-20)27(34)28-21-11-3-1-4-12-21)31-19-24(26(33)29-15-7-2-8-16-29)35-23-14-6-5-13-22(23)31/h1,3-6,11-14,20,24H,2,7-10,15-19H2,(H,28,34)/t20-,24-/m0/s1. The average molecular weight is 477 g/mol. The van der Waals surface area contributed by atoms with Gasteiger partial charge in [0.2, 0.25) is 5.91 Å². The van der Waals surface area contributed by atoms with Crippen molar-refractivity contribution in [1.29, 1.82) is 0 Å². The van der Waals surface area contributed by atoms with Crippen LogP contribution in [-0.4, -0.2) is 66.5 Å². The number of amides is 4. The van der Waals surface area contributed by atoms with E-state index < -0.39 is 6.10 Å². The Morgan fingerprint density at radius 1 is 0.771 bits per heavy atom. The minimum atomic E-state index is -0.715. The fourth-order valence-corrected chi connectivity index (χ4v) is 5.20. The van der Waals surface area contributed by atoms with Gasteiger partial charge in [0.05, 0.1) is 18.2 Å². The molecule has 3 aliphatic heterocycles. The zero-order chi connectivity index (χ0) is 24.2. The summed E-state index contributed by atoms with van der Waals surface area (Å²) in [5.41, 5.74) is 1.41. The number of para-hydroxylation sites is 3. The van der Waals surface area contributed by atoms with Crippen molar-refractivity contribution in [2.45, 2.75) is 38.2 Å². The number of fused-ring (bicyclic) bond motifs is 1. The van der Waals surface area contributed by atoms with Crippen LogP contribution in [0.1, 0.15) is 32.1 Å². The number of carbonyl (C=O) groups excluding carboxylic acids is 3. The Labute approximate surface area is 205 Å². The second-order valence-electron chi connectivity index (χ2n) is 9.49. The second-order valence-corrected chi connectivity index (χ2v) is 9.49. The van der Waals surface area contributed by atoms with Crippen molar-refractivity contribution in [1.82, 2.24) is 9.80 Å². The fraction of sp³-hybridized carbons (Fsp3) is 0.444. The molecule has 0 aromatic heterocycles. The number of hydrogen-bond acceptors (Lipinski definition) is 4. The summed E-state index contributed by atoms with van der Waals surface area (Å²) in [6.07, 6.45) is 3.88. The van der Waals surface area contributed by atoms with E-state index in [0.717, 1.165) is 44.5 Å². The first-order chi connectivity index (χ1) is 17.1. The number of carbonyl (C=O) groups is 3. The quantitative estimate of drug-likeness (QED) is 0.732. The second kappa shape index (κ2) is 10.4. The van der Waals surface area contributed by atoms with Crippen LogP contribution >= 0.6 is 0 Å². The van der Waals surface area contributed by atoms with Crippen LogP contribution in [-0.2, 0) is 9.59 Å². The van der Waals surface area contributed by atoms with Gasteiger partial charge in [0, 0.05) is 31.9 Å². The molecule has 0 aliphatic carbocycles. The van der Waals surface area contributed by atoms with Crippen LogP contribution in [0, 0.1) is 5.92 Å². The largest absolute Gasteiger partial charge is 0.476 e. The molecule has 184 valence electrons. The molecule has 2 aromatic rings. The first-order valence-electron chi connectivity index (χ1n) is 12.6. The van der Waals surface area contributed by atoms with Crippen molar-refractivity contribution in [2.24, 2.45) is 5.92 Å². The van der Waals surface area contributed by atoms with Crippen LogP contribution in [0.3, 0.4) is 0 Å². The summed E-state index contributed by atoms with van der Waals surface area (Å²) < 4.78 is 6.08. The molecule has 3 aliphatic rings. The number of urea groups is 1. The molecular formula is C27H32N4O4. The highest BCUT2D eigenvalue weighted by molar-refractivity contribution is 5.99. The summed E-state index contributed by atoms with van der Waals surface area (Å²) in [6.45, 7) is 2.63. The first kappa shape index (κ1) is 23.2. The summed E-state index contributed by atoms with van der Waals surface area (Å²) in [4.78, 5) is 45.1. The number of nitrogens with one attached hydrogen (secondary N) is 1. The van der Waals surface area contributed by atoms with Gasteiger partial charge < -0.3 is 24.8 Å². The first-order valence-corrected chi connectivity index (χ1v) is 12.6. The van der Waals surface area contributed by atoms with Crippen molar-refractivity contribution in [3.63, 3.8) is 0 Å². The number of likely N-dealkylation sites (tertiary alicyclic amines) is 2. The minimum Gasteiger partial charge on any atom is -0.476 e. The smallest absolute Gasteiger partial charge is 0.321 e. The molecule has 0 unspecified atom stereocenters. The van der Waals surface area contributed by atoms with Crippen molar-refractivity contribution in [3.05, 3.63) is 54.6 Å². The average Bonchev–Trinajstić information content (AvgIpc) is 2.92. The number of rotatable bonds is 3. The molecule has 4 amide bonds. The molecule has 2 fully saturated rings. The van der Waals surface area contributed by atoms with Gasteiger partial charge in [0.25, 0.3) is 5.91 Å². The Morgan fingerprint density at radius 2 is 1.49 bits per heavy atom. The van der Waals surface area contributed by atoms with Crippen LogP contribution in [0.25, 0.3) is 0 Å². The van der Waals surface area contributed by atoms with E-state index in [1.54, 1.807) is 9.80 Å². The van der Waals surface area contributed by atoms with Crippen LogP contribution in [0.4, 0.5) is 16.2 Å². The molecule has 0 bridgehead atoms. The lowest BCUT2D eigenvalue weighted by molar-refractivity contribution is -0.139. The number of piperidine rings is 2. The predicted molar refractivity (Wildman–Crippen MR) is 133 cm³/mol. The molecule has 5 rings (SSSR count). The molecule has 3 heterocycles. The molecule has 8 heteroatoms. The molecule has 8 nitrogen and oxygen atoms in total. The molecular weight excluding hydrogens is 444 g/mol. The van der Waals surface area contributed by atoms with Crippen LogP contribution in [0.5, 0.6) is 5.75 Å². The Kier molecular flexibility index (Phi) is 6.88. The van der Waals surface area contributed by atoms with Gasteiger partial charge in [0.15, 0.2) is 6.10 Å². The van der Waals surface area contributed by atoms with Crippen molar-refractivity contribution < 1.29 is 19.1 Å². The Balaban J connectivity index is 1.30. The maximum absolute atomic E-state index is 13.8. The lowest BCUT2D eigenvalue weighted by atomic mass is 9.95. The number of ether oxygens (including phenoxy) is 1. The van der Waals surface area contributed by atoms with E-state index in [-0.39, 0.29) is 30.3 Å². The van der Waals surface area contributed by atoms with E-state index in [9.17, 15) is 14.4 Å². The van der Waals surface area contributed by atoms with E-state index >= 15 is 0 Å². The summed E-state index contributed by atoms with van der Waals surface area (Å²) in [5.74, 6) is 0.109. The zero-order valence-electron chi connectivity index (χ0n) is 19.9. The third-order valence-electron chi connectivity index (χ3n) is 7.07. The molecule has 2 saturated heterocycles. The van der Waals surface area contributed by atoms with Crippen LogP contribution in [0.15, 0.2) is 54.6 Å². The van der Waals surface area contributed by atoms with Crippen molar-refractivity contribution in [2.75, 3.05) is 42.9 Å². The molecule has 0 spiro atoms. The molecule has 2 aromatic carbocycles. The Bertz CT molecular complexity index is 1070. The molecule has 0 saturated carbocycles. The lowest BCUT2D eigenvalue weighted by Crippen LogP contribution is -2.55. The van der Waals surface area contributed by atoms with E-state index in [1.807, 2.05) is 59.5 Å². The molecule has 0 radical (unpaired) electrons. The van der Waals surface area contributed by atoms with E-state index in [0.29, 0.717) is 30.9 Å². The number of hydrogen-bond donors (Lipinski definition) is 1. The van der Waals surface area contributed by atoms with Gasteiger partial charge in [0.1, 0.15) is 5.75 Å². The summed E-state index contributed by atoms with van der Waals surface area (Å²) in [6, 6.07) is 16.5. The number of benzene rings is 2. The van der Waals surface area contributed by atoms with Crippen LogP contribution < -0.4 is 15.0 Å². The van der Waals surface area contributed by atoms with Gasteiger partial charge in [-0.1, -0.05) is 30.3 Å². The number of anilines is 2. The highest BCUT2D eigenvalue weighted by Crippen LogP contribution is 2.35. The lowest BCUT2D eigenvalue weighted by Gasteiger charge is -2.40. The summed E-state index contributed by atoms with van der Waals surface area (Å²) in [5, 5.41) is 2.92. The topological polar surface area (TPSA) is 82.2 Å². The minimum absolute atomic E-state index is 0.0514. The van der Waals surface area contributed by atoms with E-state index in [1.165, 1.54) is 0 Å². The molecule has 1 N–H and O–H groups in total. The van der Waals surface area contributed by atoms with E-state index in [2.05, 4.69) is 5.32 Å². The van der Waals surface area contributed by atoms with Gasteiger partial charge in [-0.25, -0.2) is 4.79 Å². The summed E-state index contributed by atoms with van der Waals surface area (Å²) >= 11 is 0. The van der Waals surface area contributed by atoms with Gasteiger partial charge in [-0.15, -0.1) is 0 Å². The maximum atomic E-state index is 13.8. The predicted octanol–water partition coefficient (Wildman–Crippen LogP) is 3.74. The third kappa shape index (κ3) is 5.11. The molecule has 35 heavy (non-hydrogen) atoms. The summed E-state index contributed by atoms with van der Waals surface area (Å²) in [7, 11) is 0. The van der Waals surface area contributed by atoms with Crippen LogP contribution in [0.2, 0.25) is 0 Å². The highest BCUT2D eigenvalue weighted by Gasteiger charge is 2.39. The van der Waals surface area contributed by atoms with Gasteiger partial charge in [-0.05, 0) is 56.4 Å². The number of nitrogens with zero attached hydrogens (tertiary/aromatic N) is 3. The van der Waals surface area contributed by atoms with Gasteiger partial charge in [-0.3, -0.25) is 9.59 Å². The van der Waals surface area contributed by atoms with E-state index in [4.69, 9.17) is 4.74 Å². The van der Waals surface area contributed by atoms with Gasteiger partial charge in [-0.2, -0.15) is 0 Å². The Morgan fingerprint density at radius 3 is 2.29 bits per heavy atom. The SMILES string of the molecule is O=C(Nc1ccccc1)N1CCC[C@H](C(=O)N2C[C@@H](C(=O)N3CCCCC3)Oc3ccccc32)C1.